The maximum absolute atomic E-state index is 12.9. The number of hydrogen-bond acceptors (Lipinski definition) is 2. The van der Waals surface area contributed by atoms with Crippen LogP contribution in [0.25, 0.3) is 0 Å². The van der Waals surface area contributed by atoms with Crippen molar-refractivity contribution >= 4 is 15.9 Å². The molecule has 1 aromatic carbocycles. The van der Waals surface area contributed by atoms with Gasteiger partial charge < -0.3 is 0 Å². The van der Waals surface area contributed by atoms with E-state index in [4.69, 9.17) is 0 Å². The maximum Gasteiger partial charge on any atom is 0.278 e. The molecule has 0 saturated heterocycles. The number of aromatic nitrogens is 2. The number of halogens is 2. The highest BCUT2D eigenvalue weighted by molar-refractivity contribution is 9.10. The molecule has 0 fully saturated rings. The highest BCUT2D eigenvalue weighted by atomic mass is 79.9. The smallest absolute Gasteiger partial charge is 0.267 e. The minimum Gasteiger partial charge on any atom is -0.267 e. The fourth-order valence-corrected chi connectivity index (χ4v) is 1.72. The molecule has 0 amide bonds. The van der Waals surface area contributed by atoms with Crippen LogP contribution < -0.4 is 5.56 Å². The van der Waals surface area contributed by atoms with Gasteiger partial charge in [-0.2, -0.15) is 5.10 Å². The minimum absolute atomic E-state index is 0.275. The molecule has 1 heterocycles. The number of hydrogen-bond donors (Lipinski definition) is 1. The fourth-order valence-electron chi connectivity index (χ4n) is 1.37. The normalized spacial score (nSPS) is 10.4. The van der Waals surface area contributed by atoms with E-state index < -0.39 is 0 Å². The Hall–Kier alpha value is -1.49. The van der Waals surface area contributed by atoms with Crippen molar-refractivity contribution in [1.29, 1.82) is 0 Å². The third-order valence-corrected chi connectivity index (χ3v) is 2.67. The molecule has 0 radical (unpaired) electrons. The molecule has 1 aromatic heterocycles. The fraction of sp³-hybridized carbons (Fsp3) is 0.0909. The van der Waals surface area contributed by atoms with Crippen LogP contribution in [0.3, 0.4) is 0 Å². The molecule has 0 unspecified atom stereocenters. The Morgan fingerprint density at radius 3 is 2.88 bits per heavy atom. The van der Waals surface area contributed by atoms with Crippen LogP contribution in [-0.2, 0) is 6.42 Å². The molecular weight excluding hydrogens is 275 g/mol. The van der Waals surface area contributed by atoms with E-state index in [0.717, 1.165) is 5.56 Å². The minimum atomic E-state index is -0.277. The second kappa shape index (κ2) is 4.57. The highest BCUT2D eigenvalue weighted by Gasteiger charge is 2.02. The molecule has 1 N–H and O–H groups in total. The summed E-state index contributed by atoms with van der Waals surface area (Å²) in [6, 6.07) is 7.92. The van der Waals surface area contributed by atoms with Crippen LogP contribution in [0, 0.1) is 5.82 Å². The number of nitrogens with zero attached hydrogens (tertiary/aromatic N) is 1. The van der Waals surface area contributed by atoms with Crippen molar-refractivity contribution in [2.75, 3.05) is 0 Å². The van der Waals surface area contributed by atoms with Gasteiger partial charge in [-0.25, -0.2) is 9.49 Å². The van der Waals surface area contributed by atoms with E-state index in [-0.39, 0.29) is 11.4 Å². The third kappa shape index (κ3) is 2.55. The van der Waals surface area contributed by atoms with Crippen molar-refractivity contribution in [3.05, 3.63) is 62.2 Å². The molecule has 2 aromatic rings. The summed E-state index contributed by atoms with van der Waals surface area (Å²) in [6.45, 7) is 0. The topological polar surface area (TPSA) is 45.8 Å². The van der Waals surface area contributed by atoms with Crippen molar-refractivity contribution in [3.63, 3.8) is 0 Å². The van der Waals surface area contributed by atoms with Gasteiger partial charge in [0.25, 0.3) is 5.56 Å². The van der Waals surface area contributed by atoms with E-state index in [1.807, 2.05) is 6.07 Å². The van der Waals surface area contributed by atoms with Crippen LogP contribution in [0.15, 0.2) is 39.6 Å². The summed E-state index contributed by atoms with van der Waals surface area (Å²) >= 11 is 3.12. The van der Waals surface area contributed by atoms with Gasteiger partial charge in [0, 0.05) is 6.42 Å². The molecule has 0 aliphatic heterocycles. The van der Waals surface area contributed by atoms with E-state index in [9.17, 15) is 9.18 Å². The summed E-state index contributed by atoms with van der Waals surface area (Å²) in [5.74, 6) is -0.277. The van der Waals surface area contributed by atoms with Crippen molar-refractivity contribution in [3.8, 4) is 0 Å². The Morgan fingerprint density at radius 2 is 2.19 bits per heavy atom. The Kier molecular flexibility index (Phi) is 3.14. The van der Waals surface area contributed by atoms with Crippen LogP contribution in [0.1, 0.15) is 11.3 Å². The molecule has 0 bridgehead atoms. The summed E-state index contributed by atoms with van der Waals surface area (Å²) in [5.41, 5.74) is 1.21. The number of aromatic amines is 1. The van der Waals surface area contributed by atoms with Crippen molar-refractivity contribution in [1.82, 2.24) is 10.2 Å². The summed E-state index contributed by atoms with van der Waals surface area (Å²) < 4.78 is 13.4. The molecule has 0 spiro atoms. The number of rotatable bonds is 2. The van der Waals surface area contributed by atoms with Gasteiger partial charge in [-0.15, -0.1) is 0 Å². The lowest BCUT2D eigenvalue weighted by Crippen LogP contribution is -2.10. The van der Waals surface area contributed by atoms with Gasteiger partial charge in [-0.3, -0.25) is 4.79 Å². The van der Waals surface area contributed by atoms with E-state index in [0.29, 0.717) is 16.6 Å². The second-order valence-electron chi connectivity index (χ2n) is 3.34. The molecule has 2 rings (SSSR count). The first kappa shape index (κ1) is 11.0. The molecule has 5 heteroatoms. The average molecular weight is 283 g/mol. The summed E-state index contributed by atoms with van der Waals surface area (Å²) in [6.07, 6.45) is 0.479. The van der Waals surface area contributed by atoms with Gasteiger partial charge in [0.15, 0.2) is 0 Å². The summed E-state index contributed by atoms with van der Waals surface area (Å²) in [4.78, 5) is 11.1. The molecule has 0 aliphatic carbocycles. The Balaban J connectivity index is 2.27. The van der Waals surface area contributed by atoms with E-state index in [1.54, 1.807) is 12.1 Å². The lowest BCUT2D eigenvalue weighted by molar-refractivity contribution is 0.626. The van der Waals surface area contributed by atoms with Gasteiger partial charge in [0.05, 0.1) is 10.2 Å². The lowest BCUT2D eigenvalue weighted by atomic mass is 10.1. The van der Waals surface area contributed by atoms with Crippen molar-refractivity contribution in [2.45, 2.75) is 6.42 Å². The van der Waals surface area contributed by atoms with E-state index in [2.05, 4.69) is 26.1 Å². The maximum atomic E-state index is 12.9. The molecule has 0 aliphatic rings. The number of nitrogens with one attached hydrogen (secondary N) is 1. The summed E-state index contributed by atoms with van der Waals surface area (Å²) in [5, 5.41) is 6.23. The number of H-pyrrole nitrogens is 1. The van der Waals surface area contributed by atoms with Gasteiger partial charge in [0.1, 0.15) is 5.82 Å². The van der Waals surface area contributed by atoms with Crippen LogP contribution in [-0.4, -0.2) is 10.2 Å². The summed E-state index contributed by atoms with van der Waals surface area (Å²) in [7, 11) is 0. The molecule has 0 atom stereocenters. The Labute approximate surface area is 99.5 Å². The first-order valence-corrected chi connectivity index (χ1v) is 5.43. The molecule has 16 heavy (non-hydrogen) atoms. The first-order valence-electron chi connectivity index (χ1n) is 4.64. The van der Waals surface area contributed by atoms with Gasteiger partial charge in [-0.05, 0) is 39.7 Å². The molecule has 82 valence electrons. The van der Waals surface area contributed by atoms with Crippen molar-refractivity contribution in [2.24, 2.45) is 0 Å². The zero-order valence-electron chi connectivity index (χ0n) is 8.21. The van der Waals surface area contributed by atoms with Crippen LogP contribution in [0.4, 0.5) is 4.39 Å². The molecule has 0 saturated carbocycles. The van der Waals surface area contributed by atoms with Crippen molar-refractivity contribution < 1.29 is 4.39 Å². The van der Waals surface area contributed by atoms with E-state index in [1.165, 1.54) is 12.1 Å². The molecular formula is C11H8BrFN2O. The molecule has 3 nitrogen and oxygen atoms in total. The van der Waals surface area contributed by atoms with Gasteiger partial charge >= 0.3 is 0 Å². The highest BCUT2D eigenvalue weighted by Crippen LogP contribution is 2.10. The number of benzene rings is 1. The zero-order valence-corrected chi connectivity index (χ0v) is 9.79. The van der Waals surface area contributed by atoms with Crippen LogP contribution in [0.2, 0.25) is 0 Å². The third-order valence-electron chi connectivity index (χ3n) is 2.09. The predicted octanol–water partition coefficient (Wildman–Crippen LogP) is 2.26. The van der Waals surface area contributed by atoms with Crippen LogP contribution in [0.5, 0.6) is 0 Å². The standard InChI is InChI=1S/C11H8BrFN2O/c12-10-6-9(14-15-11(10)16)5-7-2-1-3-8(13)4-7/h1-4,6H,5H2,(H,15,16). The monoisotopic (exact) mass is 282 g/mol. The Bertz CT molecular complexity index is 568. The van der Waals surface area contributed by atoms with Crippen LogP contribution >= 0.6 is 15.9 Å². The first-order chi connectivity index (χ1) is 7.65. The zero-order chi connectivity index (χ0) is 11.5. The SMILES string of the molecule is O=c1[nH]nc(Cc2cccc(F)c2)cc1Br. The van der Waals surface area contributed by atoms with Gasteiger partial charge in [0.2, 0.25) is 0 Å². The predicted molar refractivity (Wildman–Crippen MR) is 61.8 cm³/mol. The second-order valence-corrected chi connectivity index (χ2v) is 4.20. The van der Waals surface area contributed by atoms with E-state index >= 15 is 0 Å². The lowest BCUT2D eigenvalue weighted by Gasteiger charge is -2.01. The Morgan fingerprint density at radius 1 is 1.38 bits per heavy atom. The largest absolute Gasteiger partial charge is 0.278 e. The average Bonchev–Trinajstić information content (AvgIpc) is 2.24. The van der Waals surface area contributed by atoms with Gasteiger partial charge in [-0.1, -0.05) is 12.1 Å². The quantitative estimate of drug-likeness (QED) is 0.919.